The van der Waals surface area contributed by atoms with Gasteiger partial charge in [0.1, 0.15) is 17.1 Å². The molecule has 28 heavy (non-hydrogen) atoms. The van der Waals surface area contributed by atoms with Gasteiger partial charge in [-0.1, -0.05) is 11.2 Å². The molecule has 0 saturated carbocycles. The van der Waals surface area contributed by atoms with Crippen molar-refractivity contribution in [2.75, 3.05) is 5.73 Å². The van der Waals surface area contributed by atoms with Gasteiger partial charge in [-0.25, -0.2) is 9.67 Å². The number of hydrogen-bond acceptors (Lipinski definition) is 8. The number of rotatable bonds is 4. The predicted octanol–water partition coefficient (Wildman–Crippen LogP) is 1.05. The summed E-state index contributed by atoms with van der Waals surface area (Å²) in [5, 5.41) is 19.8. The number of hydrogen-bond donors (Lipinski definition) is 3. The number of benzene rings is 1. The maximum atomic E-state index is 11.8. The fraction of sp³-hybridized carbons (Fsp3) is 0.167. The molecule has 1 atom stereocenters. The van der Waals surface area contributed by atoms with E-state index in [1.807, 2.05) is 0 Å². The molecule has 0 bridgehead atoms. The van der Waals surface area contributed by atoms with Crippen molar-refractivity contribution in [3.05, 3.63) is 59.2 Å². The van der Waals surface area contributed by atoms with Gasteiger partial charge >= 0.3 is 0 Å². The topological polar surface area (TPSA) is 159 Å². The highest BCUT2D eigenvalue weighted by Crippen LogP contribution is 2.32. The van der Waals surface area contributed by atoms with Gasteiger partial charge in [-0.3, -0.25) is 4.79 Å². The van der Waals surface area contributed by atoms with Crippen molar-refractivity contribution in [3.8, 4) is 5.82 Å². The fourth-order valence-corrected chi connectivity index (χ4v) is 3.00. The van der Waals surface area contributed by atoms with Crippen LogP contribution in [-0.4, -0.2) is 35.9 Å². The average molecular weight is 379 g/mol. The summed E-state index contributed by atoms with van der Waals surface area (Å²) in [7, 11) is 0. The van der Waals surface area contributed by atoms with Crippen LogP contribution >= 0.6 is 0 Å². The van der Waals surface area contributed by atoms with Crippen molar-refractivity contribution in [2.24, 2.45) is 5.73 Å². The summed E-state index contributed by atoms with van der Waals surface area (Å²) < 4.78 is 6.51. The first-order valence-corrected chi connectivity index (χ1v) is 8.35. The Labute approximate surface area is 158 Å². The molecule has 1 amide bonds. The zero-order valence-electron chi connectivity index (χ0n) is 15.1. The quantitative estimate of drug-likeness (QED) is 0.474. The van der Waals surface area contributed by atoms with Gasteiger partial charge < -0.3 is 21.1 Å². The first kappa shape index (κ1) is 17.6. The lowest BCUT2D eigenvalue weighted by Gasteiger charge is -2.21. The lowest BCUT2D eigenvalue weighted by Crippen LogP contribution is -2.23. The van der Waals surface area contributed by atoms with E-state index < -0.39 is 11.5 Å². The number of aryl methyl sites for hydroxylation is 1. The third-order valence-electron chi connectivity index (χ3n) is 4.48. The maximum absolute atomic E-state index is 11.8. The Balaban J connectivity index is 1.95. The molecule has 0 aliphatic rings. The summed E-state index contributed by atoms with van der Waals surface area (Å²) in [6, 6.07) is 8.29. The number of nitrogens with two attached hydrogens (primary N) is 2. The number of nitrogen functional groups attached to an aromatic ring is 1. The smallest absolute Gasteiger partial charge is 0.269 e. The minimum absolute atomic E-state index is 0.0583. The normalized spacial score (nSPS) is 13.5. The first-order valence-electron chi connectivity index (χ1n) is 8.35. The fourth-order valence-electron chi connectivity index (χ4n) is 3.00. The second kappa shape index (κ2) is 6.13. The van der Waals surface area contributed by atoms with E-state index in [4.69, 9.17) is 16.0 Å². The minimum atomic E-state index is -1.43. The van der Waals surface area contributed by atoms with Crippen LogP contribution in [0.15, 0.2) is 41.1 Å². The third kappa shape index (κ3) is 2.76. The maximum Gasteiger partial charge on any atom is 0.269 e. The van der Waals surface area contributed by atoms with E-state index in [-0.39, 0.29) is 11.6 Å². The van der Waals surface area contributed by atoms with Crippen LogP contribution in [0.1, 0.15) is 34.4 Å². The highest BCUT2D eigenvalue weighted by atomic mass is 16.5. The molecule has 4 rings (SSSR count). The van der Waals surface area contributed by atoms with Crippen LogP contribution in [0.3, 0.4) is 0 Å². The molecule has 0 fully saturated rings. The molecule has 0 aliphatic heterocycles. The molecule has 4 aromatic rings. The zero-order chi connectivity index (χ0) is 20.1. The Morgan fingerprint density at radius 3 is 2.71 bits per heavy atom. The molecule has 0 radical (unpaired) electrons. The number of aromatic nitrogens is 5. The van der Waals surface area contributed by atoms with Crippen LogP contribution in [0.5, 0.6) is 0 Å². The van der Waals surface area contributed by atoms with Crippen LogP contribution in [0.25, 0.3) is 16.7 Å². The molecule has 0 saturated heterocycles. The molecule has 10 nitrogen and oxygen atoms in total. The van der Waals surface area contributed by atoms with Crippen LogP contribution in [0.2, 0.25) is 0 Å². The monoisotopic (exact) mass is 379 g/mol. The Bertz CT molecular complexity index is 1210. The highest BCUT2D eigenvalue weighted by molar-refractivity contribution is 6.04. The van der Waals surface area contributed by atoms with E-state index in [2.05, 4.69) is 20.2 Å². The van der Waals surface area contributed by atoms with Crippen molar-refractivity contribution in [1.29, 1.82) is 0 Å². The van der Waals surface area contributed by atoms with Gasteiger partial charge in [0.25, 0.3) is 5.91 Å². The minimum Gasteiger partial charge on any atom is -0.379 e. The van der Waals surface area contributed by atoms with E-state index in [0.717, 1.165) is 0 Å². The lowest BCUT2D eigenvalue weighted by atomic mass is 9.91. The third-order valence-corrected chi connectivity index (χ3v) is 4.48. The molecule has 142 valence electrons. The second-order valence-electron chi connectivity index (χ2n) is 6.52. The highest BCUT2D eigenvalue weighted by Gasteiger charge is 2.30. The Kier molecular flexibility index (Phi) is 3.86. The number of nitrogens with zero attached hydrogens (tertiary/aromatic N) is 5. The van der Waals surface area contributed by atoms with E-state index in [1.54, 1.807) is 44.2 Å². The molecule has 1 aromatic carbocycles. The van der Waals surface area contributed by atoms with Gasteiger partial charge in [0.2, 0.25) is 5.95 Å². The van der Waals surface area contributed by atoms with Gasteiger partial charge in [-0.15, -0.1) is 0 Å². The largest absolute Gasteiger partial charge is 0.379 e. The Morgan fingerprint density at radius 2 is 2.07 bits per heavy atom. The van der Waals surface area contributed by atoms with Gasteiger partial charge in [-0.05, 0) is 31.5 Å². The predicted molar refractivity (Wildman–Crippen MR) is 99.5 cm³/mol. The number of carbonyl (C=O) groups excluding carboxylic acids is 1. The molecule has 0 spiro atoms. The van der Waals surface area contributed by atoms with Crippen LogP contribution in [0.4, 0.5) is 5.95 Å². The summed E-state index contributed by atoms with van der Waals surface area (Å²) in [6.07, 6.45) is 1.48. The number of aliphatic hydroxyl groups is 1. The second-order valence-corrected chi connectivity index (χ2v) is 6.52. The van der Waals surface area contributed by atoms with Crippen molar-refractivity contribution in [2.45, 2.75) is 19.4 Å². The van der Waals surface area contributed by atoms with Crippen LogP contribution in [0, 0.1) is 6.92 Å². The van der Waals surface area contributed by atoms with E-state index in [1.165, 1.54) is 10.9 Å². The van der Waals surface area contributed by atoms with Crippen molar-refractivity contribution in [1.82, 2.24) is 24.9 Å². The molecule has 5 N–H and O–H groups in total. The molecule has 3 heterocycles. The van der Waals surface area contributed by atoms with E-state index in [0.29, 0.717) is 33.7 Å². The standard InChI is InChI=1S/C18H17N7O3/c1-9-7-13(24-28-9)18(2,27)10-3-4-11-12(8-10)25(23-15(11)16(19)26)14-5-6-21-17(20)22-14/h3-8,27H,1-2H3,(H2,19,26)(H2,20,21,22)/t18-/m1/s1. The van der Waals surface area contributed by atoms with Crippen molar-refractivity contribution < 1.29 is 14.4 Å². The van der Waals surface area contributed by atoms with Crippen molar-refractivity contribution >= 4 is 22.8 Å². The average Bonchev–Trinajstić information content (AvgIpc) is 3.25. The Morgan fingerprint density at radius 1 is 1.29 bits per heavy atom. The Hall–Kier alpha value is -3.79. The SMILES string of the molecule is Cc1cc([C@](C)(O)c2ccc3c(C(N)=O)nn(-c4ccnc(N)n4)c3c2)no1. The summed E-state index contributed by atoms with van der Waals surface area (Å²) >= 11 is 0. The lowest BCUT2D eigenvalue weighted by molar-refractivity contribution is 0.0932. The summed E-state index contributed by atoms with van der Waals surface area (Å²) in [6.45, 7) is 3.34. The molecular weight excluding hydrogens is 362 g/mol. The number of primary amides is 1. The summed E-state index contributed by atoms with van der Waals surface area (Å²) in [5.74, 6) is 0.313. The molecule has 3 aromatic heterocycles. The van der Waals surface area contributed by atoms with Crippen LogP contribution in [-0.2, 0) is 5.60 Å². The van der Waals surface area contributed by atoms with Crippen molar-refractivity contribution in [3.63, 3.8) is 0 Å². The molecular formula is C18H17N7O3. The van der Waals surface area contributed by atoms with Gasteiger partial charge in [0, 0.05) is 23.7 Å². The number of fused-ring (bicyclic) bond motifs is 1. The number of anilines is 1. The number of carbonyl (C=O) groups is 1. The van der Waals surface area contributed by atoms with E-state index >= 15 is 0 Å². The van der Waals surface area contributed by atoms with Gasteiger partial charge in [0.15, 0.2) is 11.5 Å². The van der Waals surface area contributed by atoms with Gasteiger partial charge in [0.05, 0.1) is 5.52 Å². The molecule has 0 aliphatic carbocycles. The molecule has 0 unspecified atom stereocenters. The summed E-state index contributed by atoms with van der Waals surface area (Å²) in [5.41, 5.74) is 11.2. The first-order chi connectivity index (χ1) is 13.3. The summed E-state index contributed by atoms with van der Waals surface area (Å²) in [4.78, 5) is 19.9. The molecule has 10 heteroatoms. The van der Waals surface area contributed by atoms with Gasteiger partial charge in [-0.2, -0.15) is 10.1 Å². The zero-order valence-corrected chi connectivity index (χ0v) is 15.1. The van der Waals surface area contributed by atoms with E-state index in [9.17, 15) is 9.90 Å². The van der Waals surface area contributed by atoms with Crippen LogP contribution < -0.4 is 11.5 Å². The number of amides is 1.